The van der Waals surface area contributed by atoms with Crippen LogP contribution in [0.3, 0.4) is 0 Å². The highest BCUT2D eigenvalue weighted by molar-refractivity contribution is 9.10. The van der Waals surface area contributed by atoms with Crippen molar-refractivity contribution in [2.24, 2.45) is 0 Å². The van der Waals surface area contributed by atoms with E-state index in [0.29, 0.717) is 32.6 Å². The summed E-state index contributed by atoms with van der Waals surface area (Å²) in [6.07, 6.45) is 0. The summed E-state index contributed by atoms with van der Waals surface area (Å²) < 4.78 is 39.2. The number of carbonyl (C=O) groups excluding carboxylic acids is 1. The molecule has 11 nitrogen and oxygen atoms in total. The predicted octanol–water partition coefficient (Wildman–Crippen LogP) is 5.06. The molecule has 39 heavy (non-hydrogen) atoms. The molecule has 0 bridgehead atoms. The fourth-order valence-electron chi connectivity index (χ4n) is 3.99. The number of aromatic nitrogens is 6. The SMILES string of the molecule is Nc1nonc1-c1nc2ccccc2n1CC(=O)Nc1cc(Br)cc(-c2noc(-c3ccc(F)c(F)c3)n2)c1. The van der Waals surface area contributed by atoms with Gasteiger partial charge in [-0.2, -0.15) is 4.98 Å². The lowest BCUT2D eigenvalue weighted by Crippen LogP contribution is -2.19. The number of anilines is 2. The average molecular weight is 593 g/mol. The van der Waals surface area contributed by atoms with Crippen LogP contribution in [0.1, 0.15) is 0 Å². The van der Waals surface area contributed by atoms with E-state index in [1.807, 2.05) is 18.2 Å². The van der Waals surface area contributed by atoms with Gasteiger partial charge in [-0.25, -0.2) is 18.4 Å². The number of benzene rings is 3. The molecule has 0 radical (unpaired) electrons. The molecule has 0 unspecified atom stereocenters. The van der Waals surface area contributed by atoms with Gasteiger partial charge >= 0.3 is 0 Å². The van der Waals surface area contributed by atoms with Gasteiger partial charge in [-0.3, -0.25) is 4.79 Å². The Morgan fingerprint density at radius 2 is 1.82 bits per heavy atom. The molecule has 0 saturated carbocycles. The smallest absolute Gasteiger partial charge is 0.258 e. The quantitative estimate of drug-likeness (QED) is 0.270. The van der Waals surface area contributed by atoms with Crippen LogP contribution in [-0.2, 0) is 11.3 Å². The van der Waals surface area contributed by atoms with Crippen molar-refractivity contribution in [3.05, 3.63) is 76.8 Å². The Labute approximate surface area is 225 Å². The van der Waals surface area contributed by atoms with E-state index in [-0.39, 0.29) is 41.2 Å². The van der Waals surface area contributed by atoms with Gasteiger partial charge in [-0.05, 0) is 58.8 Å². The van der Waals surface area contributed by atoms with Gasteiger partial charge in [-0.1, -0.05) is 33.2 Å². The first-order valence-electron chi connectivity index (χ1n) is 11.3. The highest BCUT2D eigenvalue weighted by Gasteiger charge is 2.21. The molecule has 0 aliphatic carbocycles. The van der Waals surface area contributed by atoms with Crippen LogP contribution in [0.25, 0.3) is 45.4 Å². The number of nitrogens with two attached hydrogens (primary N) is 1. The standard InChI is InChI=1S/C25H15BrF2N8O3/c26-14-7-13(23-32-25(38-35-23)12-5-6-16(27)17(28)9-12)8-15(10-14)30-20(37)11-36-19-4-2-1-3-18(19)31-24(36)21-22(29)34-39-33-21/h1-10H,11H2,(H2,29,34)(H,30,37). The van der Waals surface area contributed by atoms with Crippen molar-refractivity contribution in [1.82, 2.24) is 30.0 Å². The summed E-state index contributed by atoms with van der Waals surface area (Å²) in [5, 5.41) is 14.2. The molecule has 14 heteroatoms. The lowest BCUT2D eigenvalue weighted by Gasteiger charge is -2.10. The van der Waals surface area contributed by atoms with E-state index in [1.165, 1.54) is 6.07 Å². The Bertz CT molecular complexity index is 1870. The number of hydrogen-bond donors (Lipinski definition) is 2. The Morgan fingerprint density at radius 3 is 2.62 bits per heavy atom. The third-order valence-electron chi connectivity index (χ3n) is 5.71. The largest absolute Gasteiger partial charge is 0.379 e. The molecule has 0 fully saturated rings. The Hall–Kier alpha value is -4.98. The van der Waals surface area contributed by atoms with E-state index in [9.17, 15) is 13.6 Å². The highest BCUT2D eigenvalue weighted by Crippen LogP contribution is 2.30. The maximum absolute atomic E-state index is 13.6. The number of nitrogen functional groups attached to an aromatic ring is 1. The fourth-order valence-corrected chi connectivity index (χ4v) is 4.48. The second kappa shape index (κ2) is 9.72. The molecule has 0 saturated heterocycles. The number of nitrogens with zero attached hydrogens (tertiary/aromatic N) is 6. The van der Waals surface area contributed by atoms with Crippen LogP contribution in [-0.4, -0.2) is 35.9 Å². The van der Waals surface area contributed by atoms with Gasteiger partial charge < -0.3 is 20.1 Å². The highest BCUT2D eigenvalue weighted by atomic mass is 79.9. The van der Waals surface area contributed by atoms with Crippen LogP contribution in [0, 0.1) is 11.6 Å². The van der Waals surface area contributed by atoms with Crippen LogP contribution >= 0.6 is 15.9 Å². The summed E-state index contributed by atoms with van der Waals surface area (Å²) in [6, 6.07) is 15.6. The van der Waals surface area contributed by atoms with Gasteiger partial charge in [0.1, 0.15) is 6.54 Å². The van der Waals surface area contributed by atoms with Gasteiger partial charge in [-0.15, -0.1) is 0 Å². The maximum atomic E-state index is 13.6. The van der Waals surface area contributed by atoms with E-state index in [2.05, 4.69) is 46.7 Å². The van der Waals surface area contributed by atoms with Crippen LogP contribution in [0.5, 0.6) is 0 Å². The lowest BCUT2D eigenvalue weighted by molar-refractivity contribution is -0.116. The van der Waals surface area contributed by atoms with Gasteiger partial charge in [0.05, 0.1) is 11.0 Å². The summed E-state index contributed by atoms with van der Waals surface area (Å²) in [5.41, 5.74) is 8.60. The summed E-state index contributed by atoms with van der Waals surface area (Å²) in [4.78, 5) is 22.0. The Kier molecular flexibility index (Phi) is 6.07. The van der Waals surface area contributed by atoms with E-state index in [0.717, 1.165) is 12.1 Å². The second-order valence-corrected chi connectivity index (χ2v) is 9.25. The molecule has 194 valence electrons. The van der Waals surface area contributed by atoms with Gasteiger partial charge in [0, 0.05) is 21.3 Å². The van der Waals surface area contributed by atoms with Crippen LogP contribution in [0.15, 0.2) is 74.3 Å². The monoisotopic (exact) mass is 592 g/mol. The van der Waals surface area contributed by atoms with Crippen molar-refractivity contribution in [3.63, 3.8) is 0 Å². The second-order valence-electron chi connectivity index (χ2n) is 8.34. The first-order valence-corrected chi connectivity index (χ1v) is 12.1. The number of carbonyl (C=O) groups is 1. The van der Waals surface area contributed by atoms with Gasteiger partial charge in [0.25, 0.3) is 5.89 Å². The maximum Gasteiger partial charge on any atom is 0.258 e. The number of imidazole rings is 1. The first-order chi connectivity index (χ1) is 18.9. The van der Waals surface area contributed by atoms with E-state index in [4.69, 9.17) is 14.9 Å². The summed E-state index contributed by atoms with van der Waals surface area (Å²) >= 11 is 3.42. The molecule has 0 aliphatic rings. The summed E-state index contributed by atoms with van der Waals surface area (Å²) in [6.45, 7) is -0.119. The van der Waals surface area contributed by atoms with E-state index in [1.54, 1.807) is 28.8 Å². The minimum Gasteiger partial charge on any atom is -0.379 e. The van der Waals surface area contributed by atoms with Crippen LogP contribution < -0.4 is 11.1 Å². The predicted molar refractivity (Wildman–Crippen MR) is 139 cm³/mol. The molecule has 6 rings (SSSR count). The fraction of sp³-hybridized carbons (Fsp3) is 0.0400. The van der Waals surface area contributed by atoms with Crippen LogP contribution in [0.2, 0.25) is 0 Å². The first kappa shape index (κ1) is 24.4. The van der Waals surface area contributed by atoms with Crippen molar-refractivity contribution in [2.75, 3.05) is 11.1 Å². The minimum atomic E-state index is -1.03. The zero-order valence-electron chi connectivity index (χ0n) is 19.6. The molecule has 0 atom stereocenters. The third-order valence-corrected chi connectivity index (χ3v) is 6.17. The molecule has 3 aromatic heterocycles. The Balaban J connectivity index is 1.27. The molecule has 1 amide bonds. The topological polar surface area (TPSA) is 151 Å². The third kappa shape index (κ3) is 4.72. The molecule has 6 aromatic rings. The van der Waals surface area contributed by atoms with Crippen molar-refractivity contribution in [2.45, 2.75) is 6.54 Å². The normalized spacial score (nSPS) is 11.3. The number of hydrogen-bond acceptors (Lipinski definition) is 9. The number of halogens is 3. The number of amides is 1. The van der Waals surface area contributed by atoms with Crippen molar-refractivity contribution in [1.29, 1.82) is 0 Å². The molecule has 3 heterocycles. The molecular formula is C25H15BrF2N8O3. The molecular weight excluding hydrogens is 578 g/mol. The zero-order valence-corrected chi connectivity index (χ0v) is 21.2. The molecule has 3 aromatic carbocycles. The zero-order chi connectivity index (χ0) is 27.1. The van der Waals surface area contributed by atoms with Crippen LogP contribution in [0.4, 0.5) is 20.3 Å². The van der Waals surface area contributed by atoms with E-state index < -0.39 is 11.6 Å². The summed E-state index contributed by atoms with van der Waals surface area (Å²) in [5.74, 6) is -1.81. The number of fused-ring (bicyclic) bond motifs is 1. The molecule has 3 N–H and O–H groups in total. The van der Waals surface area contributed by atoms with Crippen molar-refractivity contribution < 1.29 is 22.7 Å². The summed E-state index contributed by atoms with van der Waals surface area (Å²) in [7, 11) is 0. The number of nitrogens with one attached hydrogen (secondary N) is 1. The average Bonchev–Trinajstić information content (AvgIpc) is 3.64. The lowest BCUT2D eigenvalue weighted by atomic mass is 10.2. The molecule has 0 spiro atoms. The Morgan fingerprint density at radius 1 is 0.974 bits per heavy atom. The van der Waals surface area contributed by atoms with Gasteiger partial charge in [0.2, 0.25) is 11.7 Å². The van der Waals surface area contributed by atoms with E-state index >= 15 is 0 Å². The van der Waals surface area contributed by atoms with Crippen molar-refractivity contribution >= 4 is 44.4 Å². The minimum absolute atomic E-state index is 0.00981. The van der Waals surface area contributed by atoms with Crippen molar-refractivity contribution in [3.8, 4) is 34.4 Å². The van der Waals surface area contributed by atoms with Gasteiger partial charge in [0.15, 0.2) is 29.0 Å². The number of para-hydroxylation sites is 2. The number of rotatable bonds is 6. The molecule has 0 aliphatic heterocycles.